The van der Waals surface area contributed by atoms with Crippen LogP contribution in [0.4, 0.5) is 8.78 Å². The maximum atomic E-state index is 13.5. The highest BCUT2D eigenvalue weighted by atomic mass is 32.2. The lowest BCUT2D eigenvalue weighted by atomic mass is 10.1. The van der Waals surface area contributed by atoms with E-state index in [1.165, 1.54) is 5.56 Å². The molecule has 4 aromatic rings. The van der Waals surface area contributed by atoms with Gasteiger partial charge in [-0.1, -0.05) is 42.5 Å². The Bertz CT molecular complexity index is 1480. The first kappa shape index (κ1) is 27.0. The summed E-state index contributed by atoms with van der Waals surface area (Å²) in [5, 5.41) is 4.22. The summed E-state index contributed by atoms with van der Waals surface area (Å²) >= 11 is 0. The molecule has 38 heavy (non-hydrogen) atoms. The summed E-state index contributed by atoms with van der Waals surface area (Å²) in [6, 6.07) is 19.7. The molecule has 0 atom stereocenters. The van der Waals surface area contributed by atoms with Crippen LogP contribution in [0, 0.1) is 11.6 Å². The quantitative estimate of drug-likeness (QED) is 0.265. The predicted octanol–water partition coefficient (Wildman–Crippen LogP) is 4.66. The molecule has 10 heteroatoms. The summed E-state index contributed by atoms with van der Waals surface area (Å²) in [6.07, 6.45) is 5.26. The number of halogens is 2. The Morgan fingerprint density at radius 2 is 1.74 bits per heavy atom. The molecule has 7 nitrogen and oxygen atoms in total. The number of nitrogens with zero attached hydrogens (tertiary/aromatic N) is 2. The fraction of sp³-hybridized carbons (Fsp3) is 0.214. The molecule has 0 aliphatic rings. The predicted molar refractivity (Wildman–Crippen MR) is 138 cm³/mol. The van der Waals surface area contributed by atoms with Gasteiger partial charge < -0.3 is 4.74 Å². The van der Waals surface area contributed by atoms with E-state index in [1.54, 1.807) is 10.9 Å². The van der Waals surface area contributed by atoms with Crippen LogP contribution in [-0.2, 0) is 34.2 Å². The Labute approximate surface area is 220 Å². The molecule has 1 aromatic heterocycles. The summed E-state index contributed by atoms with van der Waals surface area (Å²) in [4.78, 5) is 11.9. The Hall–Kier alpha value is -4.05. The average molecular weight is 540 g/mol. The second-order valence-corrected chi connectivity index (χ2v) is 10.4. The Balaban J connectivity index is 1.40. The summed E-state index contributed by atoms with van der Waals surface area (Å²) in [5.74, 6) is -2.66. The van der Waals surface area contributed by atoms with Gasteiger partial charge in [0, 0.05) is 18.8 Å². The first-order valence-electron chi connectivity index (χ1n) is 12.1. The van der Waals surface area contributed by atoms with Crippen molar-refractivity contribution in [1.82, 2.24) is 14.5 Å². The molecule has 1 amide bonds. The van der Waals surface area contributed by atoms with Crippen LogP contribution in [0.5, 0.6) is 5.75 Å². The summed E-state index contributed by atoms with van der Waals surface area (Å²) < 4.78 is 61.2. The molecule has 198 valence electrons. The van der Waals surface area contributed by atoms with E-state index in [0.717, 1.165) is 30.0 Å². The normalized spacial score (nSPS) is 11.3. The fourth-order valence-corrected chi connectivity index (χ4v) is 4.90. The first-order valence-corrected chi connectivity index (χ1v) is 13.5. The Kier molecular flexibility index (Phi) is 8.85. The number of carbonyl (C=O) groups is 1. The highest BCUT2D eigenvalue weighted by molar-refractivity contribution is 7.90. The van der Waals surface area contributed by atoms with E-state index in [0.29, 0.717) is 31.0 Å². The Morgan fingerprint density at radius 1 is 0.921 bits per heavy atom. The minimum absolute atomic E-state index is 0.151. The lowest BCUT2D eigenvalue weighted by molar-refractivity contribution is -0.119. The van der Waals surface area contributed by atoms with Crippen molar-refractivity contribution in [2.75, 3.05) is 6.61 Å². The van der Waals surface area contributed by atoms with Crippen LogP contribution in [0.2, 0.25) is 0 Å². The first-order chi connectivity index (χ1) is 18.3. The van der Waals surface area contributed by atoms with E-state index in [1.807, 2.05) is 53.4 Å². The number of nitrogens with one attached hydrogen (secondary N) is 1. The molecule has 0 bridgehead atoms. The second kappa shape index (κ2) is 12.5. The fourth-order valence-electron chi connectivity index (χ4n) is 3.87. The monoisotopic (exact) mass is 539 g/mol. The van der Waals surface area contributed by atoms with E-state index < -0.39 is 32.5 Å². The highest BCUT2D eigenvalue weighted by Gasteiger charge is 2.20. The van der Waals surface area contributed by atoms with Gasteiger partial charge in [0.15, 0.2) is 11.6 Å². The van der Waals surface area contributed by atoms with Gasteiger partial charge in [-0.3, -0.25) is 9.48 Å². The van der Waals surface area contributed by atoms with Crippen molar-refractivity contribution in [2.45, 2.75) is 37.1 Å². The van der Waals surface area contributed by atoms with E-state index >= 15 is 0 Å². The van der Waals surface area contributed by atoms with Gasteiger partial charge in [0.2, 0.25) is 5.91 Å². The van der Waals surface area contributed by atoms with Crippen LogP contribution in [0.15, 0.2) is 90.1 Å². The zero-order valence-electron chi connectivity index (χ0n) is 20.5. The van der Waals surface area contributed by atoms with Gasteiger partial charge in [-0.2, -0.15) is 5.10 Å². The van der Waals surface area contributed by atoms with Crippen LogP contribution in [-0.4, -0.2) is 30.7 Å². The topological polar surface area (TPSA) is 90.3 Å². The molecule has 1 N–H and O–H groups in total. The number of sulfonamides is 1. The van der Waals surface area contributed by atoms with Crippen molar-refractivity contribution in [3.63, 3.8) is 0 Å². The molecule has 0 aliphatic carbocycles. The number of hydrogen-bond donors (Lipinski definition) is 1. The molecule has 0 radical (unpaired) electrons. The molecule has 0 spiro atoms. The average Bonchev–Trinajstić information content (AvgIpc) is 3.41. The van der Waals surface area contributed by atoms with Crippen LogP contribution in [0.3, 0.4) is 0 Å². The Morgan fingerprint density at radius 3 is 2.47 bits per heavy atom. The molecule has 0 saturated heterocycles. The van der Waals surface area contributed by atoms with Gasteiger partial charge in [-0.25, -0.2) is 21.9 Å². The molecular formula is C28H27F2N3O4S. The van der Waals surface area contributed by atoms with Gasteiger partial charge in [0.1, 0.15) is 5.75 Å². The molecule has 0 saturated carbocycles. The minimum Gasteiger partial charge on any atom is -0.493 e. The van der Waals surface area contributed by atoms with Crippen molar-refractivity contribution in [3.05, 3.63) is 114 Å². The molecule has 0 aliphatic heterocycles. The zero-order chi connectivity index (χ0) is 27.0. The third-order valence-electron chi connectivity index (χ3n) is 5.82. The molecule has 4 rings (SSSR count). The van der Waals surface area contributed by atoms with Crippen molar-refractivity contribution >= 4 is 15.9 Å². The standard InChI is InChI=1S/C28H27F2N3O4S/c29-25-13-12-24(19-26(25)30)38(35,36)32-28(34)14-11-23-10-9-22(20-33-16-5-15-31-33)18-27(23)37-17-4-8-21-6-2-1-3-7-21/h1-3,5-7,9-10,12-13,15-16,18-19H,4,8,11,14,17,20H2,(H,32,34). The summed E-state index contributed by atoms with van der Waals surface area (Å²) in [5.41, 5.74) is 2.91. The maximum absolute atomic E-state index is 13.5. The number of hydrogen-bond acceptors (Lipinski definition) is 5. The van der Waals surface area contributed by atoms with Crippen molar-refractivity contribution in [2.24, 2.45) is 0 Å². The largest absolute Gasteiger partial charge is 0.493 e. The van der Waals surface area contributed by atoms with Crippen molar-refractivity contribution in [1.29, 1.82) is 0 Å². The van der Waals surface area contributed by atoms with E-state index in [2.05, 4.69) is 17.2 Å². The molecule has 3 aromatic carbocycles. The van der Waals surface area contributed by atoms with Crippen LogP contribution in [0.25, 0.3) is 0 Å². The molecular weight excluding hydrogens is 512 g/mol. The maximum Gasteiger partial charge on any atom is 0.264 e. The number of aryl methyl sites for hydroxylation is 2. The molecule has 0 unspecified atom stereocenters. The SMILES string of the molecule is O=C(CCc1ccc(Cn2cccn2)cc1OCCCc1ccccc1)NS(=O)(=O)c1ccc(F)c(F)c1. The molecule has 1 heterocycles. The lowest BCUT2D eigenvalue weighted by Crippen LogP contribution is -2.30. The van der Waals surface area contributed by atoms with E-state index in [9.17, 15) is 22.0 Å². The third kappa shape index (κ3) is 7.48. The lowest BCUT2D eigenvalue weighted by Gasteiger charge is -2.14. The van der Waals surface area contributed by atoms with Crippen LogP contribution < -0.4 is 9.46 Å². The van der Waals surface area contributed by atoms with Crippen molar-refractivity contribution in [3.8, 4) is 5.75 Å². The summed E-state index contributed by atoms with van der Waals surface area (Å²) in [7, 11) is -4.34. The van der Waals surface area contributed by atoms with Gasteiger partial charge >= 0.3 is 0 Å². The summed E-state index contributed by atoms with van der Waals surface area (Å²) in [6.45, 7) is 1.00. The number of rotatable bonds is 12. The van der Waals surface area contributed by atoms with Gasteiger partial charge in [0.25, 0.3) is 10.0 Å². The molecule has 0 fully saturated rings. The van der Waals surface area contributed by atoms with E-state index in [-0.39, 0.29) is 12.8 Å². The second-order valence-electron chi connectivity index (χ2n) is 8.69. The number of amides is 1. The smallest absolute Gasteiger partial charge is 0.264 e. The number of benzene rings is 3. The third-order valence-corrected chi connectivity index (χ3v) is 7.19. The van der Waals surface area contributed by atoms with E-state index in [4.69, 9.17) is 4.74 Å². The highest BCUT2D eigenvalue weighted by Crippen LogP contribution is 2.24. The minimum atomic E-state index is -4.34. The van der Waals surface area contributed by atoms with Crippen LogP contribution in [0.1, 0.15) is 29.5 Å². The van der Waals surface area contributed by atoms with Crippen molar-refractivity contribution < 1.29 is 26.7 Å². The zero-order valence-corrected chi connectivity index (χ0v) is 21.3. The number of carbonyl (C=O) groups excluding carboxylic acids is 1. The van der Waals surface area contributed by atoms with Crippen LogP contribution >= 0.6 is 0 Å². The number of ether oxygens (including phenoxy) is 1. The van der Waals surface area contributed by atoms with Gasteiger partial charge in [-0.05, 0) is 66.3 Å². The van der Waals surface area contributed by atoms with Gasteiger partial charge in [0.05, 0.1) is 18.0 Å². The van der Waals surface area contributed by atoms with Gasteiger partial charge in [-0.15, -0.1) is 0 Å². The number of aromatic nitrogens is 2.